The Morgan fingerprint density at radius 2 is 1.55 bits per heavy atom. The molecule has 1 aromatic rings. The Kier molecular flexibility index (Phi) is 5.09. The van der Waals surface area contributed by atoms with Crippen LogP contribution in [0, 0.1) is 0 Å². The van der Waals surface area contributed by atoms with E-state index in [2.05, 4.69) is 17.1 Å². The molecule has 5 heteroatoms. The molecule has 0 spiro atoms. The summed E-state index contributed by atoms with van der Waals surface area (Å²) in [4.78, 5) is 2.46. The molecule has 1 saturated heterocycles. The summed E-state index contributed by atoms with van der Waals surface area (Å²) in [5, 5.41) is 3.37. The van der Waals surface area contributed by atoms with Crippen molar-refractivity contribution in [3.8, 4) is 17.2 Å². The first-order chi connectivity index (χ1) is 9.71. The minimum absolute atomic E-state index is 0.325. The van der Waals surface area contributed by atoms with E-state index in [1.165, 1.54) is 5.56 Å². The number of nitrogens with zero attached hydrogens (tertiary/aromatic N) is 1. The zero-order valence-electron chi connectivity index (χ0n) is 12.7. The fraction of sp³-hybridized carbons (Fsp3) is 0.600. The van der Waals surface area contributed by atoms with Crippen LogP contribution in [0.3, 0.4) is 0 Å². The lowest BCUT2D eigenvalue weighted by atomic mass is 10.0. The number of piperazine rings is 1. The van der Waals surface area contributed by atoms with Gasteiger partial charge < -0.3 is 19.5 Å². The Morgan fingerprint density at radius 1 is 1.00 bits per heavy atom. The van der Waals surface area contributed by atoms with Crippen LogP contribution in [0.2, 0.25) is 0 Å². The van der Waals surface area contributed by atoms with Crippen molar-refractivity contribution in [3.63, 3.8) is 0 Å². The number of hydrogen-bond donors (Lipinski definition) is 1. The highest BCUT2D eigenvalue weighted by Gasteiger charge is 2.21. The van der Waals surface area contributed by atoms with Crippen LogP contribution in [0.4, 0.5) is 0 Å². The highest BCUT2D eigenvalue weighted by atomic mass is 16.5. The van der Waals surface area contributed by atoms with Crippen molar-refractivity contribution in [3.05, 3.63) is 17.7 Å². The van der Waals surface area contributed by atoms with Crippen LogP contribution in [0.1, 0.15) is 18.5 Å². The highest BCUT2D eigenvalue weighted by Crippen LogP contribution is 2.40. The van der Waals surface area contributed by atoms with E-state index in [1.807, 2.05) is 12.1 Å². The molecular weight excluding hydrogens is 256 g/mol. The van der Waals surface area contributed by atoms with Gasteiger partial charge in [-0.15, -0.1) is 0 Å². The van der Waals surface area contributed by atoms with Crippen molar-refractivity contribution in [1.82, 2.24) is 10.2 Å². The van der Waals surface area contributed by atoms with Crippen LogP contribution in [0.25, 0.3) is 0 Å². The molecule has 0 aromatic heterocycles. The lowest BCUT2D eigenvalue weighted by Gasteiger charge is -2.33. The summed E-state index contributed by atoms with van der Waals surface area (Å²) in [6.07, 6.45) is 0. The second-order valence-corrected chi connectivity index (χ2v) is 4.92. The van der Waals surface area contributed by atoms with E-state index in [0.717, 1.165) is 26.2 Å². The second-order valence-electron chi connectivity index (χ2n) is 4.92. The zero-order valence-corrected chi connectivity index (χ0v) is 12.7. The number of rotatable bonds is 5. The summed E-state index contributed by atoms with van der Waals surface area (Å²) in [6, 6.07) is 4.40. The molecule has 0 aliphatic carbocycles. The predicted octanol–water partition coefficient (Wildman–Crippen LogP) is 1.68. The summed E-state index contributed by atoms with van der Waals surface area (Å²) in [6.45, 7) is 6.39. The fourth-order valence-corrected chi connectivity index (χ4v) is 2.62. The highest BCUT2D eigenvalue weighted by molar-refractivity contribution is 5.54. The standard InChI is InChI=1S/C15H24N2O3/c1-11(17-7-5-16-6-8-17)12-9-13(18-2)15(20-4)14(10-12)19-3/h9-11,16H,5-8H2,1-4H3/t11-/m1/s1. The van der Waals surface area contributed by atoms with Gasteiger partial charge in [0.1, 0.15) is 0 Å². The molecule has 1 aliphatic heterocycles. The Balaban J connectivity index is 2.30. The maximum atomic E-state index is 5.42. The Morgan fingerprint density at radius 3 is 2.00 bits per heavy atom. The number of hydrogen-bond acceptors (Lipinski definition) is 5. The van der Waals surface area contributed by atoms with E-state index in [-0.39, 0.29) is 0 Å². The third-order valence-corrected chi connectivity index (χ3v) is 3.87. The number of benzene rings is 1. The van der Waals surface area contributed by atoms with Crippen LogP contribution in [0.5, 0.6) is 17.2 Å². The quantitative estimate of drug-likeness (QED) is 0.889. The van der Waals surface area contributed by atoms with Crippen molar-refractivity contribution < 1.29 is 14.2 Å². The average Bonchev–Trinajstić information content (AvgIpc) is 2.53. The van der Waals surface area contributed by atoms with Gasteiger partial charge in [-0.05, 0) is 24.6 Å². The van der Waals surface area contributed by atoms with Crippen molar-refractivity contribution in [2.75, 3.05) is 47.5 Å². The maximum Gasteiger partial charge on any atom is 0.203 e. The van der Waals surface area contributed by atoms with Gasteiger partial charge in [-0.1, -0.05) is 0 Å². The smallest absolute Gasteiger partial charge is 0.203 e. The summed E-state index contributed by atoms with van der Waals surface area (Å²) >= 11 is 0. The van der Waals surface area contributed by atoms with E-state index >= 15 is 0 Å². The molecule has 5 nitrogen and oxygen atoms in total. The molecular formula is C15H24N2O3. The Hall–Kier alpha value is -1.46. The summed E-state index contributed by atoms with van der Waals surface area (Å²) < 4.78 is 16.2. The van der Waals surface area contributed by atoms with E-state index in [9.17, 15) is 0 Å². The van der Waals surface area contributed by atoms with Crippen molar-refractivity contribution in [1.29, 1.82) is 0 Å². The third-order valence-electron chi connectivity index (χ3n) is 3.87. The van der Waals surface area contributed by atoms with Gasteiger partial charge in [-0.3, -0.25) is 4.90 Å². The lowest BCUT2D eigenvalue weighted by Crippen LogP contribution is -2.44. The molecule has 1 atom stereocenters. The van der Waals surface area contributed by atoms with E-state index in [0.29, 0.717) is 23.3 Å². The zero-order chi connectivity index (χ0) is 14.5. The average molecular weight is 280 g/mol. The first-order valence-corrected chi connectivity index (χ1v) is 6.96. The summed E-state index contributed by atoms with van der Waals surface area (Å²) in [5.74, 6) is 2.07. The molecule has 2 rings (SSSR count). The summed E-state index contributed by atoms with van der Waals surface area (Å²) in [7, 11) is 4.92. The monoisotopic (exact) mass is 280 g/mol. The molecule has 0 saturated carbocycles. The van der Waals surface area contributed by atoms with Crippen LogP contribution >= 0.6 is 0 Å². The van der Waals surface area contributed by atoms with Crippen molar-refractivity contribution >= 4 is 0 Å². The minimum atomic E-state index is 0.325. The number of nitrogens with one attached hydrogen (secondary N) is 1. The van der Waals surface area contributed by atoms with Gasteiger partial charge in [0, 0.05) is 32.2 Å². The predicted molar refractivity (Wildman–Crippen MR) is 79.0 cm³/mol. The topological polar surface area (TPSA) is 43.0 Å². The molecule has 0 unspecified atom stereocenters. The van der Waals surface area contributed by atoms with Gasteiger partial charge >= 0.3 is 0 Å². The van der Waals surface area contributed by atoms with E-state index in [4.69, 9.17) is 14.2 Å². The van der Waals surface area contributed by atoms with Gasteiger partial charge in [0.2, 0.25) is 5.75 Å². The lowest BCUT2D eigenvalue weighted by molar-refractivity contribution is 0.185. The molecule has 0 bridgehead atoms. The first-order valence-electron chi connectivity index (χ1n) is 6.96. The van der Waals surface area contributed by atoms with Crippen LogP contribution in [0.15, 0.2) is 12.1 Å². The Bertz CT molecular complexity index is 420. The Labute approximate surface area is 120 Å². The number of ether oxygens (including phenoxy) is 3. The van der Waals surface area contributed by atoms with Crippen molar-refractivity contribution in [2.24, 2.45) is 0 Å². The minimum Gasteiger partial charge on any atom is -0.493 e. The molecule has 0 amide bonds. The second kappa shape index (κ2) is 6.81. The largest absolute Gasteiger partial charge is 0.493 e. The van der Waals surface area contributed by atoms with Crippen LogP contribution in [-0.4, -0.2) is 52.4 Å². The van der Waals surface area contributed by atoms with Gasteiger partial charge in [-0.25, -0.2) is 0 Å². The fourth-order valence-electron chi connectivity index (χ4n) is 2.62. The molecule has 1 heterocycles. The molecule has 1 aromatic carbocycles. The summed E-state index contributed by atoms with van der Waals surface area (Å²) in [5.41, 5.74) is 1.18. The maximum absolute atomic E-state index is 5.42. The van der Waals surface area contributed by atoms with E-state index < -0.39 is 0 Å². The van der Waals surface area contributed by atoms with Crippen LogP contribution in [-0.2, 0) is 0 Å². The normalized spacial score (nSPS) is 17.6. The van der Waals surface area contributed by atoms with Crippen LogP contribution < -0.4 is 19.5 Å². The molecule has 1 fully saturated rings. The molecule has 1 N–H and O–H groups in total. The molecule has 0 radical (unpaired) electrons. The van der Waals surface area contributed by atoms with Gasteiger partial charge in [0.05, 0.1) is 21.3 Å². The first kappa shape index (κ1) is 14.9. The van der Waals surface area contributed by atoms with Gasteiger partial charge in [-0.2, -0.15) is 0 Å². The molecule has 1 aliphatic rings. The number of methoxy groups -OCH3 is 3. The SMILES string of the molecule is COc1cc([C@@H](C)N2CCNCC2)cc(OC)c1OC. The van der Waals surface area contributed by atoms with E-state index in [1.54, 1.807) is 21.3 Å². The van der Waals surface area contributed by atoms with Gasteiger partial charge in [0.15, 0.2) is 11.5 Å². The third kappa shape index (κ3) is 2.99. The molecule has 112 valence electrons. The van der Waals surface area contributed by atoms with Gasteiger partial charge in [0.25, 0.3) is 0 Å². The van der Waals surface area contributed by atoms with Crippen molar-refractivity contribution in [2.45, 2.75) is 13.0 Å². The molecule has 20 heavy (non-hydrogen) atoms.